The lowest BCUT2D eigenvalue weighted by Gasteiger charge is -2.08. The smallest absolute Gasteiger partial charge is 0.304 e. The molecule has 19 heavy (non-hydrogen) atoms. The van der Waals surface area contributed by atoms with Crippen LogP contribution < -0.4 is 5.73 Å². The number of rotatable bonds is 13. The number of carboxylic acids is 1. The van der Waals surface area contributed by atoms with Crippen LogP contribution in [0.2, 0.25) is 0 Å². The molecule has 0 saturated heterocycles. The van der Waals surface area contributed by atoms with Crippen LogP contribution in [0.3, 0.4) is 0 Å². The van der Waals surface area contributed by atoms with Crippen molar-refractivity contribution in [2.45, 2.75) is 90.5 Å². The van der Waals surface area contributed by atoms with Crippen molar-refractivity contribution in [2.75, 3.05) is 0 Å². The Morgan fingerprint density at radius 3 is 1.74 bits per heavy atom. The van der Waals surface area contributed by atoms with Crippen LogP contribution >= 0.6 is 0 Å². The SMILES string of the molecule is CC(C)CCCCCCCCCCC(N)CC(=O)O. The minimum atomic E-state index is -0.783. The Labute approximate surface area is 119 Å². The van der Waals surface area contributed by atoms with Gasteiger partial charge < -0.3 is 10.8 Å². The van der Waals surface area contributed by atoms with Gasteiger partial charge in [0, 0.05) is 6.04 Å². The van der Waals surface area contributed by atoms with Gasteiger partial charge in [-0.1, -0.05) is 71.6 Å². The molecule has 0 amide bonds. The Morgan fingerprint density at radius 2 is 1.32 bits per heavy atom. The van der Waals surface area contributed by atoms with E-state index in [2.05, 4.69) is 13.8 Å². The van der Waals surface area contributed by atoms with Gasteiger partial charge in [-0.2, -0.15) is 0 Å². The van der Waals surface area contributed by atoms with Crippen molar-refractivity contribution >= 4 is 5.97 Å². The molecular formula is C16H33NO2. The summed E-state index contributed by atoms with van der Waals surface area (Å²) in [5.41, 5.74) is 5.71. The van der Waals surface area contributed by atoms with E-state index in [1.807, 2.05) is 0 Å². The van der Waals surface area contributed by atoms with Crippen molar-refractivity contribution in [3.8, 4) is 0 Å². The zero-order valence-corrected chi connectivity index (χ0v) is 12.9. The zero-order valence-electron chi connectivity index (χ0n) is 12.9. The van der Waals surface area contributed by atoms with Crippen molar-refractivity contribution in [3.05, 3.63) is 0 Å². The number of nitrogens with two attached hydrogens (primary N) is 1. The van der Waals surface area contributed by atoms with E-state index in [0.717, 1.165) is 18.8 Å². The molecule has 0 bridgehead atoms. The van der Waals surface area contributed by atoms with Crippen molar-refractivity contribution in [3.63, 3.8) is 0 Å². The lowest BCUT2D eigenvalue weighted by atomic mass is 10.0. The number of aliphatic carboxylic acids is 1. The molecule has 0 aliphatic carbocycles. The lowest BCUT2D eigenvalue weighted by molar-refractivity contribution is -0.137. The van der Waals surface area contributed by atoms with Gasteiger partial charge in [-0.05, 0) is 12.3 Å². The van der Waals surface area contributed by atoms with Gasteiger partial charge in [0.25, 0.3) is 0 Å². The molecule has 0 aliphatic rings. The van der Waals surface area contributed by atoms with E-state index in [1.54, 1.807) is 0 Å². The van der Waals surface area contributed by atoms with Gasteiger partial charge in [0.1, 0.15) is 0 Å². The summed E-state index contributed by atoms with van der Waals surface area (Å²) < 4.78 is 0. The Hall–Kier alpha value is -0.570. The molecule has 0 spiro atoms. The van der Waals surface area contributed by atoms with Crippen molar-refractivity contribution < 1.29 is 9.90 Å². The fraction of sp³-hybridized carbons (Fsp3) is 0.938. The summed E-state index contributed by atoms with van der Waals surface area (Å²) in [6.07, 6.45) is 12.6. The minimum Gasteiger partial charge on any atom is -0.481 e. The molecule has 0 rings (SSSR count). The first kappa shape index (κ1) is 18.4. The molecule has 0 saturated carbocycles. The molecule has 3 nitrogen and oxygen atoms in total. The Morgan fingerprint density at radius 1 is 0.895 bits per heavy atom. The van der Waals surface area contributed by atoms with E-state index in [-0.39, 0.29) is 12.5 Å². The first-order valence-electron chi connectivity index (χ1n) is 7.99. The normalized spacial score (nSPS) is 12.8. The molecule has 114 valence electrons. The third-order valence-corrected chi connectivity index (χ3v) is 3.54. The Kier molecular flexibility index (Phi) is 12.1. The molecule has 0 fully saturated rings. The summed E-state index contributed by atoms with van der Waals surface area (Å²) in [4.78, 5) is 10.4. The maximum atomic E-state index is 10.4. The highest BCUT2D eigenvalue weighted by Gasteiger charge is 2.06. The van der Waals surface area contributed by atoms with Crippen LogP contribution in [0, 0.1) is 5.92 Å². The molecule has 1 atom stereocenters. The lowest BCUT2D eigenvalue weighted by Crippen LogP contribution is -2.23. The second-order valence-corrected chi connectivity index (χ2v) is 6.16. The molecular weight excluding hydrogens is 238 g/mol. The molecule has 1 unspecified atom stereocenters. The number of unbranched alkanes of at least 4 members (excludes halogenated alkanes) is 7. The molecule has 0 heterocycles. The third-order valence-electron chi connectivity index (χ3n) is 3.54. The molecule has 0 aliphatic heterocycles. The number of carbonyl (C=O) groups is 1. The first-order chi connectivity index (χ1) is 9.02. The maximum absolute atomic E-state index is 10.4. The van der Waals surface area contributed by atoms with Gasteiger partial charge in [0.15, 0.2) is 0 Å². The van der Waals surface area contributed by atoms with E-state index in [4.69, 9.17) is 10.8 Å². The monoisotopic (exact) mass is 271 g/mol. The van der Waals surface area contributed by atoms with Crippen LogP contribution in [-0.2, 0) is 4.79 Å². The fourth-order valence-electron chi connectivity index (χ4n) is 2.35. The Balaban J connectivity index is 3.12. The summed E-state index contributed by atoms with van der Waals surface area (Å²) >= 11 is 0. The maximum Gasteiger partial charge on any atom is 0.304 e. The highest BCUT2D eigenvalue weighted by atomic mass is 16.4. The summed E-state index contributed by atoms with van der Waals surface area (Å²) in [7, 11) is 0. The summed E-state index contributed by atoms with van der Waals surface area (Å²) in [5.74, 6) is 0.0592. The molecule has 0 aromatic carbocycles. The average Bonchev–Trinajstić information content (AvgIpc) is 2.30. The second kappa shape index (κ2) is 12.5. The molecule has 0 aromatic heterocycles. The molecule has 0 aromatic rings. The van der Waals surface area contributed by atoms with Gasteiger partial charge >= 0.3 is 5.97 Å². The van der Waals surface area contributed by atoms with Crippen molar-refractivity contribution in [1.82, 2.24) is 0 Å². The van der Waals surface area contributed by atoms with Crippen LogP contribution in [-0.4, -0.2) is 17.1 Å². The topological polar surface area (TPSA) is 63.3 Å². The van der Waals surface area contributed by atoms with Crippen LogP contribution in [0.1, 0.15) is 84.5 Å². The molecule has 0 radical (unpaired) electrons. The number of hydrogen-bond acceptors (Lipinski definition) is 2. The van der Waals surface area contributed by atoms with Crippen LogP contribution in [0.25, 0.3) is 0 Å². The predicted molar refractivity (Wildman–Crippen MR) is 81.2 cm³/mol. The van der Waals surface area contributed by atoms with Gasteiger partial charge in [-0.25, -0.2) is 0 Å². The van der Waals surface area contributed by atoms with E-state index >= 15 is 0 Å². The molecule has 3 heteroatoms. The Bertz CT molecular complexity index is 217. The highest BCUT2D eigenvalue weighted by molar-refractivity contribution is 5.67. The zero-order chi connectivity index (χ0) is 14.5. The third kappa shape index (κ3) is 15.4. The van der Waals surface area contributed by atoms with Gasteiger partial charge in [-0.15, -0.1) is 0 Å². The standard InChI is InChI=1S/C16H33NO2/c1-14(2)11-9-7-5-3-4-6-8-10-12-15(17)13-16(18)19/h14-15H,3-13,17H2,1-2H3,(H,18,19). The fourth-order valence-corrected chi connectivity index (χ4v) is 2.35. The van der Waals surface area contributed by atoms with Crippen LogP contribution in [0.5, 0.6) is 0 Å². The van der Waals surface area contributed by atoms with E-state index in [9.17, 15) is 4.79 Å². The van der Waals surface area contributed by atoms with Gasteiger partial charge in [-0.3, -0.25) is 4.79 Å². The first-order valence-corrected chi connectivity index (χ1v) is 7.99. The van der Waals surface area contributed by atoms with Gasteiger partial charge in [0.05, 0.1) is 6.42 Å². The number of hydrogen-bond donors (Lipinski definition) is 2. The van der Waals surface area contributed by atoms with Crippen LogP contribution in [0.15, 0.2) is 0 Å². The van der Waals surface area contributed by atoms with Gasteiger partial charge in [0.2, 0.25) is 0 Å². The number of carboxylic acid groups (broad SMARTS) is 1. The quantitative estimate of drug-likeness (QED) is 0.490. The predicted octanol–water partition coefficient (Wildman–Crippen LogP) is 4.35. The van der Waals surface area contributed by atoms with E-state index in [0.29, 0.717) is 0 Å². The summed E-state index contributed by atoms with van der Waals surface area (Å²) in [5, 5.41) is 8.58. The van der Waals surface area contributed by atoms with Crippen molar-refractivity contribution in [1.29, 1.82) is 0 Å². The largest absolute Gasteiger partial charge is 0.481 e. The van der Waals surface area contributed by atoms with Crippen molar-refractivity contribution in [2.24, 2.45) is 11.7 Å². The van der Waals surface area contributed by atoms with E-state index < -0.39 is 5.97 Å². The average molecular weight is 271 g/mol. The highest BCUT2D eigenvalue weighted by Crippen LogP contribution is 2.13. The summed E-state index contributed by atoms with van der Waals surface area (Å²) in [6.45, 7) is 4.57. The van der Waals surface area contributed by atoms with Crippen LogP contribution in [0.4, 0.5) is 0 Å². The summed E-state index contributed by atoms with van der Waals surface area (Å²) in [6, 6.07) is -0.159. The molecule has 3 N–H and O–H groups in total. The van der Waals surface area contributed by atoms with E-state index in [1.165, 1.54) is 51.4 Å². The second-order valence-electron chi connectivity index (χ2n) is 6.16. The minimum absolute atomic E-state index is 0.107.